The Bertz CT molecular complexity index is 772. The standard InChI is InChI=1S/C15H13F4N3O2/c1-8-20-13(24-21-8)9-5-6-22(7-9)14(23)12-10(15(17,18)19)3-2-4-11(12)16/h2-4,9H,5-7H2,1H3/t9-/m0/s1. The summed E-state index contributed by atoms with van der Waals surface area (Å²) in [6.45, 7) is 1.93. The fourth-order valence-corrected chi connectivity index (χ4v) is 2.76. The summed E-state index contributed by atoms with van der Waals surface area (Å²) in [6.07, 6.45) is -4.35. The topological polar surface area (TPSA) is 59.2 Å². The minimum absolute atomic E-state index is 0.103. The number of nitrogens with zero attached hydrogens (tertiary/aromatic N) is 3. The molecule has 1 fully saturated rings. The van der Waals surface area contributed by atoms with Gasteiger partial charge in [0.25, 0.3) is 5.91 Å². The maximum absolute atomic E-state index is 13.9. The van der Waals surface area contributed by atoms with Crippen molar-refractivity contribution in [1.82, 2.24) is 15.0 Å². The molecule has 0 N–H and O–H groups in total. The van der Waals surface area contributed by atoms with Crippen LogP contribution in [0.2, 0.25) is 0 Å². The van der Waals surface area contributed by atoms with Crippen molar-refractivity contribution in [2.45, 2.75) is 25.4 Å². The molecule has 5 nitrogen and oxygen atoms in total. The van der Waals surface area contributed by atoms with Crippen LogP contribution in [0, 0.1) is 12.7 Å². The van der Waals surface area contributed by atoms with Gasteiger partial charge in [-0.1, -0.05) is 11.2 Å². The van der Waals surface area contributed by atoms with Crippen LogP contribution in [0.5, 0.6) is 0 Å². The number of likely N-dealkylation sites (tertiary alicyclic amines) is 1. The molecule has 128 valence electrons. The van der Waals surface area contributed by atoms with E-state index in [4.69, 9.17) is 4.52 Å². The van der Waals surface area contributed by atoms with Gasteiger partial charge in [0, 0.05) is 13.1 Å². The molecule has 1 aromatic carbocycles. The molecule has 0 radical (unpaired) electrons. The number of rotatable bonds is 2. The van der Waals surface area contributed by atoms with E-state index in [2.05, 4.69) is 10.1 Å². The molecule has 1 aromatic heterocycles. The lowest BCUT2D eigenvalue weighted by atomic mass is 10.0. The number of halogens is 4. The quantitative estimate of drug-likeness (QED) is 0.786. The summed E-state index contributed by atoms with van der Waals surface area (Å²) in [4.78, 5) is 17.7. The number of aromatic nitrogens is 2. The van der Waals surface area contributed by atoms with Gasteiger partial charge in [0.15, 0.2) is 5.82 Å². The second-order valence-electron chi connectivity index (χ2n) is 5.58. The zero-order chi connectivity index (χ0) is 17.5. The lowest BCUT2D eigenvalue weighted by molar-refractivity contribution is -0.138. The van der Waals surface area contributed by atoms with E-state index in [1.807, 2.05) is 0 Å². The molecule has 1 saturated heterocycles. The highest BCUT2D eigenvalue weighted by atomic mass is 19.4. The first-order valence-corrected chi connectivity index (χ1v) is 7.22. The second-order valence-corrected chi connectivity index (χ2v) is 5.58. The Morgan fingerprint density at radius 3 is 2.75 bits per heavy atom. The van der Waals surface area contributed by atoms with Crippen molar-refractivity contribution >= 4 is 5.91 Å². The summed E-state index contributed by atoms with van der Waals surface area (Å²) in [6, 6.07) is 2.48. The monoisotopic (exact) mass is 343 g/mol. The number of carbonyl (C=O) groups is 1. The molecule has 1 amide bonds. The highest BCUT2D eigenvalue weighted by Crippen LogP contribution is 2.35. The van der Waals surface area contributed by atoms with E-state index in [1.54, 1.807) is 6.92 Å². The third-order valence-electron chi connectivity index (χ3n) is 3.90. The van der Waals surface area contributed by atoms with E-state index >= 15 is 0 Å². The molecule has 2 heterocycles. The molecular formula is C15H13F4N3O2. The fraction of sp³-hybridized carbons (Fsp3) is 0.400. The molecule has 24 heavy (non-hydrogen) atoms. The molecule has 0 saturated carbocycles. The number of hydrogen-bond acceptors (Lipinski definition) is 4. The Morgan fingerprint density at radius 1 is 1.38 bits per heavy atom. The first-order valence-electron chi connectivity index (χ1n) is 7.22. The van der Waals surface area contributed by atoms with E-state index < -0.39 is 29.0 Å². The van der Waals surface area contributed by atoms with Crippen LogP contribution in [-0.4, -0.2) is 34.0 Å². The van der Waals surface area contributed by atoms with Gasteiger partial charge in [-0.05, 0) is 25.5 Å². The van der Waals surface area contributed by atoms with Gasteiger partial charge < -0.3 is 9.42 Å². The smallest absolute Gasteiger partial charge is 0.339 e. The van der Waals surface area contributed by atoms with Crippen LogP contribution in [0.1, 0.15) is 40.0 Å². The van der Waals surface area contributed by atoms with E-state index in [9.17, 15) is 22.4 Å². The maximum atomic E-state index is 13.9. The van der Waals surface area contributed by atoms with Gasteiger partial charge in [0.2, 0.25) is 5.89 Å². The summed E-state index contributed by atoms with van der Waals surface area (Å²) in [5.41, 5.74) is -2.23. The molecule has 1 aliphatic heterocycles. The Morgan fingerprint density at radius 2 is 2.12 bits per heavy atom. The van der Waals surface area contributed by atoms with Crippen LogP contribution in [0.25, 0.3) is 0 Å². The number of benzene rings is 1. The number of alkyl halides is 3. The summed E-state index contributed by atoms with van der Waals surface area (Å²) >= 11 is 0. The Hall–Kier alpha value is -2.45. The van der Waals surface area contributed by atoms with Crippen LogP contribution >= 0.6 is 0 Å². The van der Waals surface area contributed by atoms with Crippen molar-refractivity contribution < 1.29 is 26.9 Å². The lowest BCUT2D eigenvalue weighted by Gasteiger charge is -2.19. The van der Waals surface area contributed by atoms with E-state index in [0.29, 0.717) is 24.2 Å². The van der Waals surface area contributed by atoms with Gasteiger partial charge in [-0.3, -0.25) is 4.79 Å². The molecule has 3 rings (SSSR count). The highest BCUT2D eigenvalue weighted by Gasteiger charge is 2.39. The predicted octanol–water partition coefficient (Wildman–Crippen LogP) is 3.17. The largest absolute Gasteiger partial charge is 0.417 e. The summed E-state index contributed by atoms with van der Waals surface area (Å²) < 4.78 is 58.1. The maximum Gasteiger partial charge on any atom is 0.417 e. The number of hydrogen-bond donors (Lipinski definition) is 0. The minimum Gasteiger partial charge on any atom is -0.339 e. The number of amides is 1. The molecule has 0 aliphatic carbocycles. The first-order chi connectivity index (χ1) is 11.3. The average Bonchev–Trinajstić information content (AvgIpc) is 3.14. The molecule has 0 bridgehead atoms. The third-order valence-corrected chi connectivity index (χ3v) is 3.90. The molecule has 0 unspecified atom stereocenters. The number of aryl methyl sites for hydroxylation is 1. The Labute approximate surface area is 134 Å². The van der Waals surface area contributed by atoms with E-state index in [0.717, 1.165) is 12.1 Å². The van der Waals surface area contributed by atoms with Crippen molar-refractivity contribution in [2.24, 2.45) is 0 Å². The zero-order valence-electron chi connectivity index (χ0n) is 12.6. The van der Waals surface area contributed by atoms with Gasteiger partial charge in [-0.15, -0.1) is 0 Å². The normalized spacial score (nSPS) is 18.2. The first kappa shape index (κ1) is 16.4. The fourth-order valence-electron chi connectivity index (χ4n) is 2.76. The van der Waals surface area contributed by atoms with Gasteiger partial charge in [-0.2, -0.15) is 18.2 Å². The summed E-state index contributed by atoms with van der Waals surface area (Å²) in [5, 5.41) is 3.65. The van der Waals surface area contributed by atoms with Crippen molar-refractivity contribution in [2.75, 3.05) is 13.1 Å². The minimum atomic E-state index is -4.81. The van der Waals surface area contributed by atoms with Crippen LogP contribution in [0.4, 0.5) is 17.6 Å². The summed E-state index contributed by atoms with van der Waals surface area (Å²) in [5.74, 6) is -1.68. The van der Waals surface area contributed by atoms with E-state index in [-0.39, 0.29) is 19.0 Å². The number of carbonyl (C=O) groups excluding carboxylic acids is 1. The van der Waals surface area contributed by atoms with Crippen molar-refractivity contribution in [3.63, 3.8) is 0 Å². The Kier molecular flexibility index (Phi) is 4.02. The lowest BCUT2D eigenvalue weighted by Crippen LogP contribution is -2.31. The van der Waals surface area contributed by atoms with Crippen LogP contribution < -0.4 is 0 Å². The predicted molar refractivity (Wildman–Crippen MR) is 73.7 cm³/mol. The molecule has 2 aromatic rings. The molecular weight excluding hydrogens is 330 g/mol. The van der Waals surface area contributed by atoms with Crippen LogP contribution in [-0.2, 0) is 6.18 Å². The average molecular weight is 343 g/mol. The van der Waals surface area contributed by atoms with Crippen molar-refractivity contribution in [3.8, 4) is 0 Å². The molecule has 1 atom stereocenters. The van der Waals surface area contributed by atoms with Crippen LogP contribution in [0.15, 0.2) is 22.7 Å². The Balaban J connectivity index is 1.86. The van der Waals surface area contributed by atoms with Gasteiger partial charge in [0.1, 0.15) is 5.82 Å². The molecule has 1 aliphatic rings. The SMILES string of the molecule is Cc1noc([C@H]2CCN(C(=O)c3c(F)cccc3C(F)(F)F)C2)n1. The van der Waals surface area contributed by atoms with Gasteiger partial charge >= 0.3 is 6.18 Å². The van der Waals surface area contributed by atoms with Crippen molar-refractivity contribution in [1.29, 1.82) is 0 Å². The van der Waals surface area contributed by atoms with E-state index in [1.165, 1.54) is 4.90 Å². The summed E-state index contributed by atoms with van der Waals surface area (Å²) in [7, 11) is 0. The second kappa shape index (κ2) is 5.88. The molecule has 9 heteroatoms. The van der Waals surface area contributed by atoms with Gasteiger partial charge in [0.05, 0.1) is 17.0 Å². The highest BCUT2D eigenvalue weighted by molar-refractivity contribution is 5.96. The van der Waals surface area contributed by atoms with Crippen molar-refractivity contribution in [3.05, 3.63) is 46.9 Å². The third kappa shape index (κ3) is 2.98. The van der Waals surface area contributed by atoms with Crippen LogP contribution in [0.3, 0.4) is 0 Å². The van der Waals surface area contributed by atoms with Gasteiger partial charge in [-0.25, -0.2) is 4.39 Å². The molecule has 0 spiro atoms. The zero-order valence-corrected chi connectivity index (χ0v) is 12.6.